The summed E-state index contributed by atoms with van der Waals surface area (Å²) >= 11 is 6.77. The number of ether oxygens (including phenoxy) is 1. The van der Waals surface area contributed by atoms with E-state index in [1.165, 1.54) is 7.11 Å². The molecule has 0 bridgehead atoms. The van der Waals surface area contributed by atoms with Crippen LogP contribution in [0.3, 0.4) is 0 Å². The highest BCUT2D eigenvalue weighted by Gasteiger charge is 2.19. The first-order chi connectivity index (χ1) is 17.6. The van der Waals surface area contributed by atoms with E-state index in [9.17, 15) is 9.59 Å². The second-order valence-electron chi connectivity index (χ2n) is 7.84. The van der Waals surface area contributed by atoms with Crippen LogP contribution >= 0.6 is 31.9 Å². The molecule has 2 aromatic carbocycles. The summed E-state index contributed by atoms with van der Waals surface area (Å²) in [6.45, 7) is 2.12. The minimum Gasteiger partial charge on any atom is -0.460 e. The number of nitrogens with zero attached hydrogens (tertiary/aromatic N) is 5. The summed E-state index contributed by atoms with van der Waals surface area (Å²) in [4.78, 5) is 37.2. The molecule has 0 saturated carbocycles. The molecule has 0 saturated heterocycles. The van der Waals surface area contributed by atoms with Crippen molar-refractivity contribution in [1.82, 2.24) is 24.2 Å². The molecule has 0 unspecified atom stereocenters. The summed E-state index contributed by atoms with van der Waals surface area (Å²) in [5.41, 5.74) is 3.43. The van der Waals surface area contributed by atoms with E-state index in [0.29, 0.717) is 18.3 Å². The zero-order valence-electron chi connectivity index (χ0n) is 21.1. The molecule has 2 aromatic heterocycles. The first-order valence-electron chi connectivity index (χ1n) is 11.2. The van der Waals surface area contributed by atoms with Crippen LogP contribution in [0.25, 0.3) is 22.5 Å². The van der Waals surface area contributed by atoms with Gasteiger partial charge in [0.1, 0.15) is 0 Å². The molecule has 0 fully saturated rings. The fourth-order valence-electron chi connectivity index (χ4n) is 3.26. The maximum atomic E-state index is 12.0. The van der Waals surface area contributed by atoms with E-state index in [1.54, 1.807) is 37.2 Å². The highest BCUT2D eigenvalue weighted by Crippen LogP contribution is 2.22. The van der Waals surface area contributed by atoms with Crippen molar-refractivity contribution in [3.05, 3.63) is 81.5 Å². The lowest BCUT2D eigenvalue weighted by molar-refractivity contribution is -0.0766. The van der Waals surface area contributed by atoms with Gasteiger partial charge in [0.05, 0.1) is 25.1 Å². The summed E-state index contributed by atoms with van der Waals surface area (Å²) in [5, 5.41) is 1.15. The Balaban J connectivity index is 0.000000206. The standard InChI is InChI=1S/C13H14BrN3O2.C13H13BrN2O2/c1-16-8-11(9-4-6-10(14)7-5-9)15-12(16)13(18)17(2)19-3;1-3-18-13(17)12-15-11(8-16(12)2)9-4-6-10(14)7-5-9/h4-8H,1-3H3;4-8H,3H2,1-2H3. The smallest absolute Gasteiger partial charge is 0.374 e. The van der Waals surface area contributed by atoms with Gasteiger partial charge in [-0.2, -0.15) is 0 Å². The van der Waals surface area contributed by atoms with Gasteiger partial charge >= 0.3 is 11.9 Å². The van der Waals surface area contributed by atoms with Crippen molar-refractivity contribution in [2.75, 3.05) is 20.8 Å². The largest absolute Gasteiger partial charge is 0.460 e. The molecule has 4 rings (SSSR count). The van der Waals surface area contributed by atoms with Gasteiger partial charge in [-0.15, -0.1) is 0 Å². The lowest BCUT2D eigenvalue weighted by Gasteiger charge is -2.12. The van der Waals surface area contributed by atoms with Crippen LogP contribution in [0, 0.1) is 0 Å². The molecule has 0 aliphatic carbocycles. The second kappa shape index (κ2) is 12.8. The van der Waals surface area contributed by atoms with E-state index in [1.807, 2.05) is 60.9 Å². The predicted molar refractivity (Wildman–Crippen MR) is 148 cm³/mol. The molecule has 0 radical (unpaired) electrons. The molecule has 1 amide bonds. The maximum Gasteiger partial charge on any atom is 0.374 e. The highest BCUT2D eigenvalue weighted by atomic mass is 79.9. The summed E-state index contributed by atoms with van der Waals surface area (Å²) in [5.74, 6) is -0.0336. The number of rotatable bonds is 6. The number of aromatic nitrogens is 4. The molecule has 194 valence electrons. The Labute approximate surface area is 232 Å². The average molecular weight is 633 g/mol. The summed E-state index contributed by atoms with van der Waals surface area (Å²) in [6.07, 6.45) is 3.63. The third kappa shape index (κ3) is 7.15. The topological polar surface area (TPSA) is 91.5 Å². The lowest BCUT2D eigenvalue weighted by atomic mass is 10.2. The van der Waals surface area contributed by atoms with E-state index >= 15 is 0 Å². The van der Waals surface area contributed by atoms with Crippen LogP contribution in [0.15, 0.2) is 69.9 Å². The Morgan fingerprint density at radius 3 is 1.70 bits per heavy atom. The number of amides is 1. The Kier molecular flexibility index (Phi) is 9.79. The number of esters is 1. The molecule has 37 heavy (non-hydrogen) atoms. The molecule has 9 nitrogen and oxygen atoms in total. The van der Waals surface area contributed by atoms with Gasteiger partial charge < -0.3 is 13.9 Å². The van der Waals surface area contributed by atoms with Crippen LogP contribution in [-0.2, 0) is 23.7 Å². The molecular weight excluding hydrogens is 606 g/mol. The minimum absolute atomic E-state index is 0.284. The summed E-state index contributed by atoms with van der Waals surface area (Å²) < 4.78 is 10.3. The Morgan fingerprint density at radius 2 is 1.27 bits per heavy atom. The second-order valence-corrected chi connectivity index (χ2v) is 9.67. The molecule has 0 aliphatic rings. The zero-order chi connectivity index (χ0) is 27.1. The SMILES string of the molecule is CCOC(=O)c1nc(-c2ccc(Br)cc2)cn1C.CON(C)C(=O)c1nc(-c2ccc(Br)cc2)cn1C. The predicted octanol–water partition coefficient (Wildman–Crippen LogP) is 5.51. The monoisotopic (exact) mass is 631 g/mol. The van der Waals surface area contributed by atoms with Crippen molar-refractivity contribution in [3.63, 3.8) is 0 Å². The number of carbonyl (C=O) groups excluding carboxylic acids is 2. The fourth-order valence-corrected chi connectivity index (χ4v) is 3.79. The molecule has 0 atom stereocenters. The average Bonchev–Trinajstić information content (AvgIpc) is 3.47. The fraction of sp³-hybridized carbons (Fsp3) is 0.231. The number of hydrogen-bond donors (Lipinski definition) is 0. The number of halogens is 2. The summed E-state index contributed by atoms with van der Waals surface area (Å²) in [6, 6.07) is 15.5. The van der Waals surface area contributed by atoms with Gasteiger partial charge in [0, 0.05) is 53.6 Å². The lowest BCUT2D eigenvalue weighted by Crippen LogP contribution is -2.27. The van der Waals surface area contributed by atoms with E-state index < -0.39 is 5.97 Å². The minimum atomic E-state index is -0.400. The third-order valence-electron chi connectivity index (χ3n) is 5.24. The number of benzene rings is 2. The van der Waals surface area contributed by atoms with Crippen LogP contribution in [0.2, 0.25) is 0 Å². The van der Waals surface area contributed by atoms with Crippen molar-refractivity contribution in [3.8, 4) is 22.5 Å². The van der Waals surface area contributed by atoms with Gasteiger partial charge in [0.25, 0.3) is 0 Å². The van der Waals surface area contributed by atoms with E-state index in [4.69, 9.17) is 9.57 Å². The van der Waals surface area contributed by atoms with Crippen LogP contribution in [-0.4, -0.2) is 56.8 Å². The van der Waals surface area contributed by atoms with Crippen molar-refractivity contribution >= 4 is 43.7 Å². The molecule has 0 spiro atoms. The maximum absolute atomic E-state index is 12.0. The molecule has 0 N–H and O–H groups in total. The van der Waals surface area contributed by atoms with Gasteiger partial charge in [-0.25, -0.2) is 19.8 Å². The molecule has 0 aliphatic heterocycles. The molecular formula is C26H27Br2N5O4. The van der Waals surface area contributed by atoms with E-state index in [-0.39, 0.29) is 5.91 Å². The first kappa shape index (κ1) is 28.3. The number of hydroxylamine groups is 2. The van der Waals surface area contributed by atoms with Gasteiger partial charge in [-0.3, -0.25) is 9.63 Å². The number of carbonyl (C=O) groups is 2. The number of imidazole rings is 2. The normalized spacial score (nSPS) is 10.5. The number of hydrogen-bond acceptors (Lipinski definition) is 6. The Bertz CT molecular complexity index is 1360. The van der Waals surface area contributed by atoms with Crippen molar-refractivity contribution < 1.29 is 19.2 Å². The summed E-state index contributed by atoms with van der Waals surface area (Å²) in [7, 11) is 6.56. The van der Waals surface area contributed by atoms with Crippen molar-refractivity contribution in [2.24, 2.45) is 14.1 Å². The Hall–Kier alpha value is -3.28. The van der Waals surface area contributed by atoms with Crippen LogP contribution in [0.5, 0.6) is 0 Å². The van der Waals surface area contributed by atoms with E-state index in [2.05, 4.69) is 41.8 Å². The van der Waals surface area contributed by atoms with Crippen LogP contribution in [0.4, 0.5) is 0 Å². The third-order valence-corrected chi connectivity index (χ3v) is 6.30. The number of aryl methyl sites for hydroxylation is 2. The van der Waals surface area contributed by atoms with E-state index in [0.717, 1.165) is 36.5 Å². The highest BCUT2D eigenvalue weighted by molar-refractivity contribution is 9.10. The van der Waals surface area contributed by atoms with Crippen LogP contribution in [0.1, 0.15) is 28.2 Å². The van der Waals surface area contributed by atoms with Crippen molar-refractivity contribution in [1.29, 1.82) is 0 Å². The molecule has 4 aromatic rings. The van der Waals surface area contributed by atoms with Crippen LogP contribution < -0.4 is 0 Å². The molecule has 2 heterocycles. The zero-order valence-corrected chi connectivity index (χ0v) is 24.3. The molecule has 11 heteroatoms. The van der Waals surface area contributed by atoms with Gasteiger partial charge in [-0.05, 0) is 31.2 Å². The quantitative estimate of drug-likeness (QED) is 0.206. The first-order valence-corrected chi connectivity index (χ1v) is 12.8. The van der Waals surface area contributed by atoms with Gasteiger partial charge in [-0.1, -0.05) is 56.1 Å². The van der Waals surface area contributed by atoms with Crippen molar-refractivity contribution in [2.45, 2.75) is 6.92 Å². The Morgan fingerprint density at radius 1 is 0.838 bits per heavy atom. The van der Waals surface area contributed by atoms with Gasteiger partial charge in [0.15, 0.2) is 0 Å². The van der Waals surface area contributed by atoms with Gasteiger partial charge in [0.2, 0.25) is 11.6 Å².